The Morgan fingerprint density at radius 1 is 1.03 bits per heavy atom. The number of rotatable bonds is 11. The van der Waals surface area contributed by atoms with Gasteiger partial charge in [-0.05, 0) is 85.4 Å². The van der Waals surface area contributed by atoms with E-state index >= 15 is 0 Å². The SMILES string of the molecule is CO[C@H](C[C@H](CCN(C)Cc1ccc(-c2ccc(F)c(C)c2)cc1)C(=O)NO)c1ccc(F)cc1. The molecule has 0 spiro atoms. The molecule has 0 aliphatic carbocycles. The van der Waals surface area contributed by atoms with Gasteiger partial charge >= 0.3 is 0 Å². The van der Waals surface area contributed by atoms with E-state index < -0.39 is 17.9 Å². The van der Waals surface area contributed by atoms with E-state index in [-0.39, 0.29) is 11.6 Å². The first kappa shape index (κ1) is 26.5. The summed E-state index contributed by atoms with van der Waals surface area (Å²) in [6, 6.07) is 19.2. The van der Waals surface area contributed by atoms with Gasteiger partial charge in [0.1, 0.15) is 11.6 Å². The second-order valence-electron chi connectivity index (χ2n) is 8.87. The zero-order chi connectivity index (χ0) is 25.4. The van der Waals surface area contributed by atoms with Crippen LogP contribution in [0.15, 0.2) is 66.7 Å². The molecule has 2 atom stereocenters. The molecule has 0 saturated heterocycles. The maximum Gasteiger partial charge on any atom is 0.246 e. The van der Waals surface area contributed by atoms with Crippen molar-refractivity contribution < 1.29 is 23.5 Å². The van der Waals surface area contributed by atoms with Crippen LogP contribution < -0.4 is 5.48 Å². The number of benzene rings is 3. The molecule has 3 aromatic rings. The fourth-order valence-electron chi connectivity index (χ4n) is 4.15. The Bertz CT molecular complexity index is 1100. The van der Waals surface area contributed by atoms with Crippen LogP contribution >= 0.6 is 0 Å². The molecular weight excluding hydrogens is 450 g/mol. The third-order valence-electron chi connectivity index (χ3n) is 6.26. The number of nitrogens with zero attached hydrogens (tertiary/aromatic N) is 1. The quantitative estimate of drug-likeness (QED) is 0.273. The molecule has 0 heterocycles. The van der Waals surface area contributed by atoms with Crippen LogP contribution in [0.1, 0.15) is 35.6 Å². The third kappa shape index (κ3) is 7.42. The zero-order valence-electron chi connectivity index (χ0n) is 20.3. The normalized spacial score (nSPS) is 13.0. The number of hydroxylamine groups is 1. The lowest BCUT2D eigenvalue weighted by molar-refractivity contribution is -0.135. The van der Waals surface area contributed by atoms with Gasteiger partial charge in [0.2, 0.25) is 5.91 Å². The number of halogens is 2. The first-order chi connectivity index (χ1) is 16.8. The number of methoxy groups -OCH3 is 1. The lowest BCUT2D eigenvalue weighted by Crippen LogP contribution is -2.32. The van der Waals surface area contributed by atoms with E-state index in [0.29, 0.717) is 31.5 Å². The molecule has 0 saturated carbocycles. The van der Waals surface area contributed by atoms with Gasteiger partial charge in [-0.2, -0.15) is 0 Å². The third-order valence-corrected chi connectivity index (χ3v) is 6.26. The highest BCUT2D eigenvalue weighted by molar-refractivity contribution is 5.77. The van der Waals surface area contributed by atoms with Gasteiger partial charge in [-0.1, -0.05) is 42.5 Å². The second-order valence-corrected chi connectivity index (χ2v) is 8.87. The van der Waals surface area contributed by atoms with Gasteiger partial charge in [0.25, 0.3) is 0 Å². The van der Waals surface area contributed by atoms with Crippen LogP contribution in [-0.2, 0) is 16.1 Å². The highest BCUT2D eigenvalue weighted by Gasteiger charge is 2.24. The number of aryl methyl sites for hydroxylation is 1. The van der Waals surface area contributed by atoms with Gasteiger partial charge in [0, 0.05) is 19.6 Å². The smallest absolute Gasteiger partial charge is 0.246 e. The summed E-state index contributed by atoms with van der Waals surface area (Å²) in [7, 11) is 3.52. The number of carbonyl (C=O) groups excluding carboxylic acids is 1. The maximum absolute atomic E-state index is 13.5. The van der Waals surface area contributed by atoms with E-state index in [1.54, 1.807) is 37.7 Å². The largest absolute Gasteiger partial charge is 0.377 e. The molecule has 0 radical (unpaired) electrons. The van der Waals surface area contributed by atoms with Crippen LogP contribution in [0, 0.1) is 24.5 Å². The average Bonchev–Trinajstić information content (AvgIpc) is 2.86. The van der Waals surface area contributed by atoms with Crippen molar-refractivity contribution in [3.8, 4) is 11.1 Å². The fourth-order valence-corrected chi connectivity index (χ4v) is 4.15. The van der Waals surface area contributed by atoms with Crippen LogP contribution in [0.25, 0.3) is 11.1 Å². The lowest BCUT2D eigenvalue weighted by atomic mass is 9.93. The minimum atomic E-state index is -0.485. The highest BCUT2D eigenvalue weighted by Crippen LogP contribution is 2.27. The Kier molecular flexibility index (Phi) is 9.48. The standard InChI is InChI=1S/C28H32F2N2O3/c1-19-16-23(10-13-26(19)30)21-6-4-20(5-7-21)18-32(2)15-14-24(28(33)31-34)17-27(35-3)22-8-11-25(29)12-9-22/h4-13,16,24,27,34H,14-15,17-18H2,1-3H3,(H,31,33)/t24-,27+/m0/s1. The Labute approximate surface area is 205 Å². The second kappa shape index (κ2) is 12.5. The average molecular weight is 483 g/mol. The van der Waals surface area contributed by atoms with Crippen LogP contribution in [0.2, 0.25) is 0 Å². The van der Waals surface area contributed by atoms with Crippen molar-refractivity contribution >= 4 is 5.91 Å². The van der Waals surface area contributed by atoms with Crippen LogP contribution in [0.3, 0.4) is 0 Å². The summed E-state index contributed by atoms with van der Waals surface area (Å²) < 4.78 is 32.4. The van der Waals surface area contributed by atoms with Crippen molar-refractivity contribution in [1.82, 2.24) is 10.4 Å². The molecule has 0 aromatic heterocycles. The molecule has 7 heteroatoms. The van der Waals surface area contributed by atoms with E-state index in [1.165, 1.54) is 18.2 Å². The maximum atomic E-state index is 13.5. The number of nitrogens with one attached hydrogen (secondary N) is 1. The lowest BCUT2D eigenvalue weighted by Gasteiger charge is -2.24. The first-order valence-electron chi connectivity index (χ1n) is 11.6. The Hall–Kier alpha value is -3.13. The van der Waals surface area contributed by atoms with Gasteiger partial charge in [0.05, 0.1) is 6.10 Å². The summed E-state index contributed by atoms with van der Waals surface area (Å²) in [4.78, 5) is 14.4. The molecule has 186 valence electrons. The van der Waals surface area contributed by atoms with Crippen molar-refractivity contribution in [3.05, 3.63) is 95.1 Å². The van der Waals surface area contributed by atoms with E-state index in [9.17, 15) is 18.8 Å². The molecule has 0 bridgehead atoms. The molecule has 3 rings (SSSR count). The van der Waals surface area contributed by atoms with Gasteiger partial charge in [-0.25, -0.2) is 14.3 Å². The molecule has 2 N–H and O–H groups in total. The first-order valence-corrected chi connectivity index (χ1v) is 11.6. The van der Waals surface area contributed by atoms with Gasteiger partial charge in [-0.15, -0.1) is 0 Å². The van der Waals surface area contributed by atoms with Gasteiger partial charge in [-0.3, -0.25) is 10.0 Å². The van der Waals surface area contributed by atoms with E-state index in [1.807, 2.05) is 37.4 Å². The number of ether oxygens (including phenoxy) is 1. The van der Waals surface area contributed by atoms with Crippen molar-refractivity contribution in [1.29, 1.82) is 0 Å². The van der Waals surface area contributed by atoms with E-state index in [0.717, 1.165) is 22.3 Å². The van der Waals surface area contributed by atoms with Gasteiger partial charge < -0.3 is 9.64 Å². The number of amides is 1. The molecule has 5 nitrogen and oxygen atoms in total. The molecule has 0 aliphatic rings. The number of hydrogen-bond donors (Lipinski definition) is 2. The van der Waals surface area contributed by atoms with Crippen molar-refractivity contribution in [2.45, 2.75) is 32.4 Å². The fraction of sp³-hybridized carbons (Fsp3) is 0.321. The van der Waals surface area contributed by atoms with Crippen LogP contribution in [0.4, 0.5) is 8.78 Å². The summed E-state index contributed by atoms with van der Waals surface area (Å²) >= 11 is 0. The number of carbonyl (C=O) groups is 1. The molecule has 1 amide bonds. The molecule has 0 aliphatic heterocycles. The Balaban J connectivity index is 1.59. The van der Waals surface area contributed by atoms with E-state index in [2.05, 4.69) is 4.90 Å². The van der Waals surface area contributed by atoms with Crippen molar-refractivity contribution in [3.63, 3.8) is 0 Å². The summed E-state index contributed by atoms with van der Waals surface area (Å²) in [6.07, 6.45) is 0.469. The molecule has 35 heavy (non-hydrogen) atoms. The summed E-state index contributed by atoms with van der Waals surface area (Å²) in [5.41, 5.74) is 6.25. The predicted octanol–water partition coefficient (Wildman–Crippen LogP) is 5.66. The predicted molar refractivity (Wildman–Crippen MR) is 132 cm³/mol. The topological polar surface area (TPSA) is 61.8 Å². The molecule has 0 unspecified atom stereocenters. The van der Waals surface area contributed by atoms with E-state index in [4.69, 9.17) is 4.74 Å². The van der Waals surface area contributed by atoms with Crippen LogP contribution in [0.5, 0.6) is 0 Å². The van der Waals surface area contributed by atoms with Crippen molar-refractivity contribution in [2.75, 3.05) is 20.7 Å². The minimum Gasteiger partial charge on any atom is -0.377 e. The molecule has 0 fully saturated rings. The zero-order valence-corrected chi connectivity index (χ0v) is 20.3. The summed E-state index contributed by atoms with van der Waals surface area (Å²) in [5, 5.41) is 9.23. The van der Waals surface area contributed by atoms with Gasteiger partial charge in [0.15, 0.2) is 0 Å². The minimum absolute atomic E-state index is 0.213. The van der Waals surface area contributed by atoms with Crippen LogP contribution in [-0.4, -0.2) is 36.7 Å². The number of hydrogen-bond acceptors (Lipinski definition) is 4. The molecule has 3 aromatic carbocycles. The monoisotopic (exact) mass is 482 g/mol. The molecular formula is C28H32F2N2O3. The summed E-state index contributed by atoms with van der Waals surface area (Å²) in [6.45, 7) is 3.06. The Morgan fingerprint density at radius 2 is 1.69 bits per heavy atom. The summed E-state index contributed by atoms with van der Waals surface area (Å²) in [5.74, 6) is -1.51. The van der Waals surface area contributed by atoms with Crippen molar-refractivity contribution in [2.24, 2.45) is 5.92 Å². The highest BCUT2D eigenvalue weighted by atomic mass is 19.1. The Morgan fingerprint density at radius 3 is 2.29 bits per heavy atom.